The summed E-state index contributed by atoms with van der Waals surface area (Å²) in [5.74, 6) is 1.02. The third-order valence-electron chi connectivity index (χ3n) is 2.51. The molecule has 108 valence electrons. The van der Waals surface area contributed by atoms with Gasteiger partial charge in [0.1, 0.15) is 0 Å². The van der Waals surface area contributed by atoms with Crippen LogP contribution in [0, 0.1) is 0 Å². The molecule has 0 aliphatic carbocycles. The van der Waals surface area contributed by atoms with Gasteiger partial charge in [-0.15, -0.1) is 10.2 Å². The first-order valence-corrected chi connectivity index (χ1v) is 7.07. The fourth-order valence-corrected chi connectivity index (χ4v) is 2.03. The van der Waals surface area contributed by atoms with Crippen molar-refractivity contribution in [1.29, 1.82) is 0 Å². The summed E-state index contributed by atoms with van der Waals surface area (Å²) in [6.45, 7) is 2.08. The van der Waals surface area contributed by atoms with E-state index in [1.54, 1.807) is 0 Å². The molecule has 0 amide bonds. The summed E-state index contributed by atoms with van der Waals surface area (Å²) in [6, 6.07) is 7.69. The Morgan fingerprint density at radius 1 is 1.25 bits per heavy atom. The van der Waals surface area contributed by atoms with E-state index in [9.17, 15) is 0 Å². The van der Waals surface area contributed by atoms with Gasteiger partial charge in [0.25, 0.3) is 0 Å². The van der Waals surface area contributed by atoms with E-state index in [2.05, 4.69) is 31.4 Å². The Hall–Kier alpha value is -1.28. The van der Waals surface area contributed by atoms with Crippen LogP contribution in [-0.4, -0.2) is 41.7 Å². The Balaban J connectivity index is 1.82. The van der Waals surface area contributed by atoms with Gasteiger partial charge in [-0.05, 0) is 28.1 Å². The molecule has 0 atom stereocenters. The number of hydrogen-bond donors (Lipinski definition) is 2. The summed E-state index contributed by atoms with van der Waals surface area (Å²) < 4.78 is 11.6. The van der Waals surface area contributed by atoms with Crippen LogP contribution < -0.4 is 5.32 Å². The molecule has 0 radical (unpaired) electrons. The molecular weight excluding hydrogens is 326 g/mol. The van der Waals surface area contributed by atoms with Crippen molar-refractivity contribution >= 4 is 15.9 Å². The Labute approximate surface area is 125 Å². The normalized spacial score (nSPS) is 10.9. The van der Waals surface area contributed by atoms with Crippen molar-refractivity contribution in [3.63, 3.8) is 0 Å². The molecule has 1 heterocycles. The Bertz CT molecular complexity index is 533. The first-order valence-electron chi connectivity index (χ1n) is 6.28. The Morgan fingerprint density at radius 3 is 2.90 bits per heavy atom. The number of halogens is 1. The van der Waals surface area contributed by atoms with Crippen molar-refractivity contribution in [1.82, 2.24) is 15.5 Å². The standard InChI is InChI=1S/C13H16BrN3O3/c14-11-4-2-1-3-10(11)13-17-16-12(20-13)9-15-5-7-19-8-6-18/h1-4,15,18H,5-9H2. The molecule has 0 spiro atoms. The van der Waals surface area contributed by atoms with Gasteiger partial charge >= 0.3 is 0 Å². The number of ether oxygens (including phenoxy) is 1. The maximum absolute atomic E-state index is 8.55. The second kappa shape index (κ2) is 8.11. The zero-order chi connectivity index (χ0) is 14.2. The van der Waals surface area contributed by atoms with Crippen molar-refractivity contribution in [2.45, 2.75) is 6.54 Å². The van der Waals surface area contributed by atoms with E-state index in [0.717, 1.165) is 10.0 Å². The first-order chi connectivity index (χ1) is 9.81. The highest BCUT2D eigenvalue weighted by atomic mass is 79.9. The summed E-state index contributed by atoms with van der Waals surface area (Å²) >= 11 is 3.45. The highest BCUT2D eigenvalue weighted by Crippen LogP contribution is 2.26. The molecule has 2 aromatic rings. The second-order valence-corrected chi connectivity index (χ2v) is 4.85. The number of aliphatic hydroxyl groups is 1. The van der Waals surface area contributed by atoms with Crippen LogP contribution >= 0.6 is 15.9 Å². The van der Waals surface area contributed by atoms with Gasteiger partial charge in [0.15, 0.2) is 0 Å². The SMILES string of the molecule is OCCOCCNCc1nnc(-c2ccccc2Br)o1. The zero-order valence-electron chi connectivity index (χ0n) is 10.9. The monoisotopic (exact) mass is 341 g/mol. The molecule has 2 N–H and O–H groups in total. The third kappa shape index (κ3) is 4.38. The molecule has 0 aliphatic rings. The minimum absolute atomic E-state index is 0.0406. The maximum atomic E-state index is 8.55. The van der Waals surface area contributed by atoms with Crippen LogP contribution in [0.4, 0.5) is 0 Å². The van der Waals surface area contributed by atoms with Crippen LogP contribution in [0.15, 0.2) is 33.2 Å². The van der Waals surface area contributed by atoms with E-state index in [1.165, 1.54) is 0 Å². The van der Waals surface area contributed by atoms with Gasteiger partial charge in [-0.3, -0.25) is 0 Å². The molecule has 1 aromatic carbocycles. The highest BCUT2D eigenvalue weighted by molar-refractivity contribution is 9.10. The number of benzene rings is 1. The van der Waals surface area contributed by atoms with E-state index < -0.39 is 0 Å². The van der Waals surface area contributed by atoms with Crippen molar-refractivity contribution in [2.24, 2.45) is 0 Å². The van der Waals surface area contributed by atoms with Crippen molar-refractivity contribution in [3.05, 3.63) is 34.6 Å². The molecule has 2 rings (SSSR count). The molecule has 20 heavy (non-hydrogen) atoms. The predicted octanol–water partition coefficient (Wildman–Crippen LogP) is 1.60. The number of hydrogen-bond acceptors (Lipinski definition) is 6. The van der Waals surface area contributed by atoms with Crippen LogP contribution in [0.1, 0.15) is 5.89 Å². The minimum atomic E-state index is 0.0406. The molecule has 0 saturated heterocycles. The summed E-state index contributed by atoms with van der Waals surface area (Å²) in [5, 5.41) is 19.7. The molecule has 7 heteroatoms. The summed E-state index contributed by atoms with van der Waals surface area (Å²) in [6.07, 6.45) is 0. The number of rotatable bonds is 8. The molecule has 0 unspecified atom stereocenters. The fourth-order valence-electron chi connectivity index (χ4n) is 1.57. The van der Waals surface area contributed by atoms with E-state index in [0.29, 0.717) is 38.1 Å². The lowest BCUT2D eigenvalue weighted by molar-refractivity contribution is 0.0935. The van der Waals surface area contributed by atoms with Gasteiger partial charge in [0.2, 0.25) is 11.8 Å². The third-order valence-corrected chi connectivity index (χ3v) is 3.20. The number of aliphatic hydroxyl groups excluding tert-OH is 1. The molecule has 0 bridgehead atoms. The topological polar surface area (TPSA) is 80.4 Å². The van der Waals surface area contributed by atoms with E-state index in [-0.39, 0.29) is 6.61 Å². The molecule has 0 fully saturated rings. The van der Waals surface area contributed by atoms with Gasteiger partial charge < -0.3 is 19.6 Å². The summed E-state index contributed by atoms with van der Waals surface area (Å²) in [5.41, 5.74) is 0.873. The van der Waals surface area contributed by atoms with Crippen LogP contribution in [0.2, 0.25) is 0 Å². The number of nitrogens with zero attached hydrogens (tertiary/aromatic N) is 2. The Kier molecular flexibility index (Phi) is 6.13. The van der Waals surface area contributed by atoms with Crippen LogP contribution in [-0.2, 0) is 11.3 Å². The lowest BCUT2D eigenvalue weighted by Gasteiger charge is -2.02. The van der Waals surface area contributed by atoms with Crippen molar-refractivity contribution in [3.8, 4) is 11.5 Å². The highest BCUT2D eigenvalue weighted by Gasteiger charge is 2.10. The van der Waals surface area contributed by atoms with Gasteiger partial charge in [-0.1, -0.05) is 12.1 Å². The summed E-state index contributed by atoms with van der Waals surface area (Å²) in [7, 11) is 0. The van der Waals surface area contributed by atoms with Gasteiger partial charge in [0, 0.05) is 11.0 Å². The quantitative estimate of drug-likeness (QED) is 0.710. The molecule has 1 aromatic heterocycles. The van der Waals surface area contributed by atoms with Crippen LogP contribution in [0.25, 0.3) is 11.5 Å². The molecule has 6 nitrogen and oxygen atoms in total. The van der Waals surface area contributed by atoms with Gasteiger partial charge in [0.05, 0.1) is 31.9 Å². The average Bonchev–Trinajstić information content (AvgIpc) is 2.92. The lowest BCUT2D eigenvalue weighted by Crippen LogP contribution is -2.20. The molecular formula is C13H16BrN3O3. The smallest absolute Gasteiger partial charge is 0.248 e. The summed E-state index contributed by atoms with van der Waals surface area (Å²) in [4.78, 5) is 0. The molecule has 0 saturated carbocycles. The number of aromatic nitrogens is 2. The number of nitrogens with one attached hydrogen (secondary N) is 1. The maximum Gasteiger partial charge on any atom is 0.248 e. The van der Waals surface area contributed by atoms with E-state index in [1.807, 2.05) is 24.3 Å². The zero-order valence-corrected chi connectivity index (χ0v) is 12.5. The lowest BCUT2D eigenvalue weighted by atomic mass is 10.2. The van der Waals surface area contributed by atoms with Gasteiger partial charge in [-0.2, -0.15) is 0 Å². The van der Waals surface area contributed by atoms with E-state index in [4.69, 9.17) is 14.3 Å². The van der Waals surface area contributed by atoms with Crippen molar-refractivity contribution in [2.75, 3.05) is 26.4 Å². The minimum Gasteiger partial charge on any atom is -0.419 e. The van der Waals surface area contributed by atoms with Crippen LogP contribution in [0.5, 0.6) is 0 Å². The average molecular weight is 342 g/mol. The molecule has 0 aliphatic heterocycles. The van der Waals surface area contributed by atoms with Gasteiger partial charge in [-0.25, -0.2) is 0 Å². The first kappa shape index (κ1) is 15.1. The largest absolute Gasteiger partial charge is 0.419 e. The fraction of sp³-hybridized carbons (Fsp3) is 0.385. The second-order valence-electron chi connectivity index (χ2n) is 3.99. The Morgan fingerprint density at radius 2 is 2.10 bits per heavy atom. The van der Waals surface area contributed by atoms with Crippen molar-refractivity contribution < 1.29 is 14.3 Å². The predicted molar refractivity (Wildman–Crippen MR) is 77.0 cm³/mol. The van der Waals surface area contributed by atoms with Crippen LogP contribution in [0.3, 0.4) is 0 Å². The van der Waals surface area contributed by atoms with E-state index >= 15 is 0 Å².